The Morgan fingerprint density at radius 3 is 2.58 bits per heavy atom. The number of cyclic esters (lactones) is 1. The minimum absolute atomic E-state index is 0.175. The predicted octanol–water partition coefficient (Wildman–Crippen LogP) is 5.72. The third-order valence-corrected chi connectivity index (χ3v) is 5.27. The SMILES string of the molecule is CCOc1cc(/C=C2/N=C(c3cccc(C)c3)OC2=O)ccc1OC(=O)c1ccc(Br)cc1. The highest BCUT2D eigenvalue weighted by molar-refractivity contribution is 9.10. The van der Waals surface area contributed by atoms with Gasteiger partial charge in [0.25, 0.3) is 0 Å². The van der Waals surface area contributed by atoms with Crippen molar-refractivity contribution in [2.75, 3.05) is 6.61 Å². The summed E-state index contributed by atoms with van der Waals surface area (Å²) in [6, 6.07) is 19.5. The quantitative estimate of drug-likeness (QED) is 0.243. The van der Waals surface area contributed by atoms with Gasteiger partial charge >= 0.3 is 11.9 Å². The first-order valence-corrected chi connectivity index (χ1v) is 11.1. The number of nitrogens with zero attached hydrogens (tertiary/aromatic N) is 1. The molecule has 0 atom stereocenters. The van der Waals surface area contributed by atoms with Gasteiger partial charge in [0.1, 0.15) is 0 Å². The van der Waals surface area contributed by atoms with Crippen molar-refractivity contribution in [2.45, 2.75) is 13.8 Å². The Hall–Kier alpha value is -3.71. The van der Waals surface area contributed by atoms with Crippen molar-refractivity contribution in [2.24, 2.45) is 4.99 Å². The van der Waals surface area contributed by atoms with E-state index >= 15 is 0 Å². The molecule has 3 aromatic rings. The van der Waals surface area contributed by atoms with Gasteiger partial charge in [0.05, 0.1) is 12.2 Å². The third-order valence-electron chi connectivity index (χ3n) is 4.74. The molecule has 0 saturated carbocycles. The Morgan fingerprint density at radius 2 is 1.85 bits per heavy atom. The smallest absolute Gasteiger partial charge is 0.363 e. The number of rotatable bonds is 6. The summed E-state index contributed by atoms with van der Waals surface area (Å²) in [5.41, 5.74) is 3.02. The van der Waals surface area contributed by atoms with Crippen LogP contribution in [0.15, 0.2) is 81.9 Å². The van der Waals surface area contributed by atoms with Gasteiger partial charge in [-0.1, -0.05) is 39.7 Å². The Morgan fingerprint density at radius 1 is 1.06 bits per heavy atom. The largest absolute Gasteiger partial charge is 0.490 e. The monoisotopic (exact) mass is 505 g/mol. The Bertz CT molecular complexity index is 1280. The lowest BCUT2D eigenvalue weighted by molar-refractivity contribution is -0.129. The minimum atomic E-state index is -0.532. The molecule has 33 heavy (non-hydrogen) atoms. The van der Waals surface area contributed by atoms with Gasteiger partial charge in [-0.05, 0) is 74.0 Å². The molecule has 166 valence electrons. The fourth-order valence-electron chi connectivity index (χ4n) is 3.18. The fourth-order valence-corrected chi connectivity index (χ4v) is 3.44. The van der Waals surface area contributed by atoms with Crippen LogP contribution in [0.25, 0.3) is 6.08 Å². The number of carbonyl (C=O) groups excluding carboxylic acids is 2. The predicted molar refractivity (Wildman–Crippen MR) is 128 cm³/mol. The van der Waals surface area contributed by atoms with Crippen LogP contribution in [0.1, 0.15) is 34.0 Å². The zero-order valence-corrected chi connectivity index (χ0v) is 19.6. The summed E-state index contributed by atoms with van der Waals surface area (Å²) < 4.78 is 17.4. The van der Waals surface area contributed by atoms with E-state index < -0.39 is 11.9 Å². The summed E-state index contributed by atoms with van der Waals surface area (Å²) in [5.74, 6) is -0.104. The van der Waals surface area contributed by atoms with Crippen LogP contribution in [0.4, 0.5) is 0 Å². The van der Waals surface area contributed by atoms with E-state index in [2.05, 4.69) is 20.9 Å². The number of esters is 2. The Balaban J connectivity index is 1.59. The van der Waals surface area contributed by atoms with E-state index in [0.29, 0.717) is 23.5 Å². The molecular formula is C26H20BrNO5. The van der Waals surface area contributed by atoms with E-state index in [1.807, 2.05) is 38.1 Å². The lowest BCUT2D eigenvalue weighted by atomic mass is 10.1. The summed E-state index contributed by atoms with van der Waals surface area (Å²) in [4.78, 5) is 29.2. The fraction of sp³-hybridized carbons (Fsp3) is 0.115. The van der Waals surface area contributed by atoms with Gasteiger partial charge in [-0.3, -0.25) is 0 Å². The van der Waals surface area contributed by atoms with Crippen LogP contribution in [0.5, 0.6) is 11.5 Å². The first-order valence-electron chi connectivity index (χ1n) is 10.3. The molecule has 0 radical (unpaired) electrons. The lowest BCUT2D eigenvalue weighted by Crippen LogP contribution is -2.09. The first-order chi connectivity index (χ1) is 15.9. The molecule has 4 rings (SSSR count). The highest BCUT2D eigenvalue weighted by atomic mass is 79.9. The van der Waals surface area contributed by atoms with Crippen LogP contribution in [-0.2, 0) is 9.53 Å². The van der Waals surface area contributed by atoms with E-state index in [0.717, 1.165) is 15.6 Å². The second-order valence-electron chi connectivity index (χ2n) is 7.24. The normalized spacial score (nSPS) is 14.1. The molecule has 1 heterocycles. The molecule has 1 aliphatic rings. The highest BCUT2D eigenvalue weighted by Gasteiger charge is 2.24. The van der Waals surface area contributed by atoms with Gasteiger partial charge in [0.15, 0.2) is 17.2 Å². The summed E-state index contributed by atoms with van der Waals surface area (Å²) >= 11 is 3.34. The van der Waals surface area contributed by atoms with Crippen LogP contribution in [-0.4, -0.2) is 24.4 Å². The van der Waals surface area contributed by atoms with E-state index in [-0.39, 0.29) is 17.3 Å². The number of aliphatic imine (C=N–C) groups is 1. The van der Waals surface area contributed by atoms with E-state index in [9.17, 15) is 9.59 Å². The number of ether oxygens (including phenoxy) is 3. The van der Waals surface area contributed by atoms with Gasteiger partial charge in [-0.2, -0.15) is 0 Å². The van der Waals surface area contributed by atoms with Gasteiger partial charge in [0.2, 0.25) is 5.90 Å². The Labute approximate surface area is 199 Å². The molecule has 0 bridgehead atoms. The van der Waals surface area contributed by atoms with Crippen molar-refractivity contribution in [3.05, 3.63) is 99.2 Å². The van der Waals surface area contributed by atoms with Crippen LogP contribution < -0.4 is 9.47 Å². The molecule has 3 aromatic carbocycles. The van der Waals surface area contributed by atoms with Crippen molar-refractivity contribution in [3.8, 4) is 11.5 Å². The lowest BCUT2D eigenvalue weighted by Gasteiger charge is -2.11. The molecule has 0 saturated heterocycles. The molecule has 6 nitrogen and oxygen atoms in total. The van der Waals surface area contributed by atoms with Gasteiger partial charge in [-0.15, -0.1) is 0 Å². The number of aryl methyl sites for hydroxylation is 1. The summed E-state index contributed by atoms with van der Waals surface area (Å²) in [7, 11) is 0. The van der Waals surface area contributed by atoms with Gasteiger partial charge in [0, 0.05) is 10.0 Å². The van der Waals surface area contributed by atoms with Crippen LogP contribution in [0, 0.1) is 6.92 Å². The molecule has 1 aliphatic heterocycles. The van der Waals surface area contributed by atoms with Crippen LogP contribution >= 0.6 is 15.9 Å². The summed E-state index contributed by atoms with van der Waals surface area (Å²) in [6.45, 7) is 4.16. The van der Waals surface area contributed by atoms with Gasteiger partial charge in [-0.25, -0.2) is 14.6 Å². The Kier molecular flexibility index (Phi) is 6.70. The summed E-state index contributed by atoms with van der Waals surface area (Å²) in [6.07, 6.45) is 1.61. The summed E-state index contributed by atoms with van der Waals surface area (Å²) in [5, 5.41) is 0. The number of halogens is 1. The number of hydrogen-bond donors (Lipinski definition) is 0. The topological polar surface area (TPSA) is 74.2 Å². The average molecular weight is 506 g/mol. The molecule has 0 fully saturated rings. The van der Waals surface area contributed by atoms with E-state index in [1.165, 1.54) is 0 Å². The molecular weight excluding hydrogens is 486 g/mol. The van der Waals surface area contributed by atoms with E-state index in [4.69, 9.17) is 14.2 Å². The second kappa shape index (κ2) is 9.83. The maximum atomic E-state index is 12.5. The second-order valence-corrected chi connectivity index (χ2v) is 8.16. The first kappa shape index (κ1) is 22.5. The van der Waals surface area contributed by atoms with E-state index in [1.54, 1.807) is 48.5 Å². The molecule has 0 N–H and O–H groups in total. The van der Waals surface area contributed by atoms with Crippen molar-refractivity contribution in [1.29, 1.82) is 0 Å². The minimum Gasteiger partial charge on any atom is -0.490 e. The highest BCUT2D eigenvalue weighted by Crippen LogP contribution is 2.31. The molecule has 0 spiro atoms. The molecule has 7 heteroatoms. The molecule has 0 unspecified atom stereocenters. The van der Waals surface area contributed by atoms with Crippen molar-refractivity contribution >= 4 is 39.8 Å². The van der Waals surface area contributed by atoms with Crippen LogP contribution in [0.2, 0.25) is 0 Å². The number of hydrogen-bond acceptors (Lipinski definition) is 6. The maximum Gasteiger partial charge on any atom is 0.363 e. The number of benzene rings is 3. The standard InChI is InChI=1S/C26H20BrNO5/c1-3-31-23-15-17(7-12-22(23)32-25(29)18-8-10-20(27)11-9-18)14-21-26(30)33-24(28-21)19-6-4-5-16(2)13-19/h4-15H,3H2,1-2H3/b21-14+. The third kappa shape index (κ3) is 5.38. The maximum absolute atomic E-state index is 12.5. The van der Waals surface area contributed by atoms with Gasteiger partial charge < -0.3 is 14.2 Å². The zero-order valence-electron chi connectivity index (χ0n) is 18.0. The van der Waals surface area contributed by atoms with Crippen molar-refractivity contribution < 1.29 is 23.8 Å². The number of carbonyl (C=O) groups is 2. The molecule has 0 aliphatic carbocycles. The van der Waals surface area contributed by atoms with Crippen molar-refractivity contribution in [3.63, 3.8) is 0 Å². The zero-order chi connectivity index (χ0) is 23.4. The van der Waals surface area contributed by atoms with Crippen molar-refractivity contribution in [1.82, 2.24) is 0 Å². The molecule has 0 aromatic heterocycles. The van der Waals surface area contributed by atoms with Crippen LogP contribution in [0.3, 0.4) is 0 Å². The average Bonchev–Trinajstić information content (AvgIpc) is 3.16. The molecule has 0 amide bonds.